The smallest absolute Gasteiger partial charge is 0.293 e. The van der Waals surface area contributed by atoms with Gasteiger partial charge in [-0.2, -0.15) is 0 Å². The molecule has 0 aliphatic rings. The largest absolute Gasteiger partial charge is 0.433 e. The van der Waals surface area contributed by atoms with E-state index in [0.717, 1.165) is 5.56 Å². The van der Waals surface area contributed by atoms with E-state index in [2.05, 4.69) is 48.0 Å². The Balaban J connectivity index is 2.07. The van der Waals surface area contributed by atoms with Crippen molar-refractivity contribution in [1.29, 1.82) is 0 Å². The van der Waals surface area contributed by atoms with Gasteiger partial charge in [-0.05, 0) is 37.0 Å². The maximum Gasteiger partial charge on any atom is 0.293 e. The number of nitrogens with one attached hydrogen (secondary N) is 2. The number of halogens is 1. The molecule has 1 aromatic heterocycles. The van der Waals surface area contributed by atoms with E-state index in [1.54, 1.807) is 19.9 Å². The zero-order chi connectivity index (χ0) is 24.1. The molecule has 2 aromatic rings. The van der Waals surface area contributed by atoms with Crippen LogP contribution in [0.25, 0.3) is 0 Å². The van der Waals surface area contributed by atoms with Crippen molar-refractivity contribution in [1.82, 2.24) is 10.3 Å². The summed E-state index contributed by atoms with van der Waals surface area (Å²) >= 11 is 6.04. The minimum atomic E-state index is -0.648. The number of oxazole rings is 1. The molecule has 1 aromatic carbocycles. The summed E-state index contributed by atoms with van der Waals surface area (Å²) in [6.07, 6.45) is 2.75. The first-order chi connectivity index (χ1) is 14.9. The normalized spacial score (nSPS) is 13.4. The second-order valence-corrected chi connectivity index (χ2v) is 8.49. The molecular weight excluding hydrogens is 430 g/mol. The van der Waals surface area contributed by atoms with Gasteiger partial charge in [0.15, 0.2) is 0 Å². The second-order valence-electron chi connectivity index (χ2n) is 8.11. The number of amides is 2. The topological polar surface area (TPSA) is 123 Å². The molecule has 0 bridgehead atoms. The van der Waals surface area contributed by atoms with Gasteiger partial charge in [-0.1, -0.05) is 51.1 Å². The lowest BCUT2D eigenvalue weighted by Crippen LogP contribution is -2.28. The molecule has 8 nitrogen and oxygen atoms in total. The first-order valence-corrected chi connectivity index (χ1v) is 10.3. The number of benzene rings is 1. The molecule has 1 heterocycles. The number of aliphatic imine (C=N–C) groups is 1. The molecule has 0 radical (unpaired) electrons. The summed E-state index contributed by atoms with van der Waals surface area (Å²) in [4.78, 5) is 32.9. The molecule has 1 unspecified atom stereocenters. The minimum Gasteiger partial charge on any atom is -0.433 e. The van der Waals surface area contributed by atoms with Crippen LogP contribution in [0.5, 0.6) is 0 Å². The fourth-order valence-corrected chi connectivity index (χ4v) is 2.78. The number of nitrogens with two attached hydrogens (primary N) is 1. The number of anilines is 1. The second kappa shape index (κ2) is 10.3. The molecule has 0 aliphatic carbocycles. The Kier molecular flexibility index (Phi) is 7.99. The molecule has 0 spiro atoms. The van der Waals surface area contributed by atoms with Crippen LogP contribution in [-0.4, -0.2) is 23.0 Å². The molecule has 9 heteroatoms. The third-order valence-corrected chi connectivity index (χ3v) is 4.91. The van der Waals surface area contributed by atoms with Crippen molar-refractivity contribution in [3.8, 4) is 0 Å². The predicted molar refractivity (Wildman–Crippen MR) is 127 cm³/mol. The molecule has 0 aliphatic heterocycles. The van der Waals surface area contributed by atoms with Gasteiger partial charge in [0.1, 0.15) is 11.9 Å². The maximum atomic E-state index is 12.6. The van der Waals surface area contributed by atoms with E-state index in [-0.39, 0.29) is 33.5 Å². The van der Waals surface area contributed by atoms with Gasteiger partial charge in [0.05, 0.1) is 16.8 Å². The van der Waals surface area contributed by atoms with E-state index < -0.39 is 17.9 Å². The van der Waals surface area contributed by atoms with Crippen LogP contribution in [0, 0.1) is 0 Å². The number of nitrogens with zero attached hydrogens (tertiary/aromatic N) is 2. The van der Waals surface area contributed by atoms with Crippen LogP contribution in [0.3, 0.4) is 0 Å². The van der Waals surface area contributed by atoms with Gasteiger partial charge in [-0.25, -0.2) is 9.98 Å². The van der Waals surface area contributed by atoms with Crippen molar-refractivity contribution in [3.05, 3.63) is 70.7 Å². The number of aromatic nitrogens is 1. The van der Waals surface area contributed by atoms with Crippen molar-refractivity contribution < 1.29 is 14.0 Å². The van der Waals surface area contributed by atoms with E-state index >= 15 is 0 Å². The number of hydrogen-bond donors (Lipinski definition) is 3. The fraction of sp³-hybridized carbons (Fsp3) is 0.304. The Morgan fingerprint density at radius 1 is 1.34 bits per heavy atom. The SMILES string of the molecule is C=C(C(=O)NC(C)c1ncc(C(=O)Nc2cccc(C(C)(C)C)c2)o1)/C(Cl)=C(/N)N=CC. The number of carbonyl (C=O) groups is 2. The average molecular weight is 458 g/mol. The molecule has 0 saturated carbocycles. The molecule has 1 atom stereocenters. The number of hydrogen-bond acceptors (Lipinski definition) is 6. The van der Waals surface area contributed by atoms with E-state index in [1.165, 1.54) is 12.4 Å². The molecule has 32 heavy (non-hydrogen) atoms. The highest BCUT2D eigenvalue weighted by atomic mass is 35.5. The summed E-state index contributed by atoms with van der Waals surface area (Å²) in [5, 5.41) is 5.39. The van der Waals surface area contributed by atoms with Crippen molar-refractivity contribution in [2.45, 2.75) is 46.1 Å². The van der Waals surface area contributed by atoms with Gasteiger partial charge in [-0.15, -0.1) is 0 Å². The van der Waals surface area contributed by atoms with Gasteiger partial charge < -0.3 is 20.8 Å². The van der Waals surface area contributed by atoms with Crippen LogP contribution in [0.4, 0.5) is 5.69 Å². The van der Waals surface area contributed by atoms with Gasteiger partial charge in [0.2, 0.25) is 11.7 Å². The molecule has 170 valence electrons. The van der Waals surface area contributed by atoms with Crippen LogP contribution in [-0.2, 0) is 10.2 Å². The highest BCUT2D eigenvalue weighted by Crippen LogP contribution is 2.25. The number of carbonyl (C=O) groups excluding carboxylic acids is 2. The third-order valence-electron chi connectivity index (χ3n) is 4.48. The van der Waals surface area contributed by atoms with Gasteiger partial charge in [0.25, 0.3) is 11.8 Å². The summed E-state index contributed by atoms with van der Waals surface area (Å²) in [6, 6.07) is 6.94. The van der Waals surface area contributed by atoms with Crippen LogP contribution >= 0.6 is 11.6 Å². The van der Waals surface area contributed by atoms with Crippen molar-refractivity contribution >= 4 is 35.3 Å². The lowest BCUT2D eigenvalue weighted by Gasteiger charge is -2.19. The van der Waals surface area contributed by atoms with E-state index in [4.69, 9.17) is 21.8 Å². The van der Waals surface area contributed by atoms with Crippen LogP contribution in [0.2, 0.25) is 0 Å². The van der Waals surface area contributed by atoms with Crippen molar-refractivity contribution in [3.63, 3.8) is 0 Å². The monoisotopic (exact) mass is 457 g/mol. The summed E-state index contributed by atoms with van der Waals surface area (Å²) in [5.41, 5.74) is 7.30. The Morgan fingerprint density at radius 2 is 2.03 bits per heavy atom. The van der Waals surface area contributed by atoms with Crippen molar-refractivity contribution in [2.75, 3.05) is 5.32 Å². The van der Waals surface area contributed by atoms with E-state index in [0.29, 0.717) is 5.69 Å². The summed E-state index contributed by atoms with van der Waals surface area (Å²) in [7, 11) is 0. The Bertz CT molecular complexity index is 1080. The summed E-state index contributed by atoms with van der Waals surface area (Å²) in [6.45, 7) is 13.2. The highest BCUT2D eigenvalue weighted by molar-refractivity contribution is 6.35. The molecular formula is C23H28ClN5O3. The van der Waals surface area contributed by atoms with Gasteiger partial charge in [-0.3, -0.25) is 9.59 Å². The first-order valence-electron chi connectivity index (χ1n) is 9.95. The Labute approximate surface area is 192 Å². The molecule has 2 amide bonds. The Morgan fingerprint density at radius 3 is 2.66 bits per heavy atom. The fourth-order valence-electron chi connectivity index (χ4n) is 2.64. The van der Waals surface area contributed by atoms with Crippen molar-refractivity contribution in [2.24, 2.45) is 10.7 Å². The summed E-state index contributed by atoms with van der Waals surface area (Å²) in [5.74, 6) is -0.874. The lowest BCUT2D eigenvalue weighted by molar-refractivity contribution is -0.118. The van der Waals surface area contributed by atoms with Crippen LogP contribution in [0.15, 0.2) is 62.9 Å². The van der Waals surface area contributed by atoms with Crippen LogP contribution < -0.4 is 16.4 Å². The van der Waals surface area contributed by atoms with E-state index in [9.17, 15) is 9.59 Å². The molecule has 0 fully saturated rings. The first kappa shape index (κ1) is 24.9. The lowest BCUT2D eigenvalue weighted by atomic mass is 9.87. The van der Waals surface area contributed by atoms with E-state index in [1.807, 2.05) is 18.2 Å². The standard InChI is InChI=1S/C23H28ClN5O3/c1-7-26-19(25)18(24)13(2)20(30)28-14(3)22-27-12-17(32-22)21(31)29-16-10-8-9-15(11-16)23(4,5)6/h7-12,14H,2,25H2,1,3-6H3,(H,28,30)(H,29,31)/b19-18+,26-7?. The Hall–Kier alpha value is -3.39. The molecule has 0 saturated heterocycles. The van der Waals surface area contributed by atoms with Crippen LogP contribution in [0.1, 0.15) is 62.7 Å². The molecule has 4 N–H and O–H groups in total. The third kappa shape index (κ3) is 6.31. The van der Waals surface area contributed by atoms with Gasteiger partial charge >= 0.3 is 0 Å². The maximum absolute atomic E-state index is 12.6. The zero-order valence-corrected chi connectivity index (χ0v) is 19.6. The summed E-state index contributed by atoms with van der Waals surface area (Å²) < 4.78 is 5.54. The van der Waals surface area contributed by atoms with Gasteiger partial charge in [0, 0.05) is 11.9 Å². The number of rotatable bonds is 7. The minimum absolute atomic E-state index is 0.0144. The quantitative estimate of drug-likeness (QED) is 0.322. The highest BCUT2D eigenvalue weighted by Gasteiger charge is 2.21. The average Bonchev–Trinajstić information content (AvgIpc) is 3.23. The predicted octanol–water partition coefficient (Wildman–Crippen LogP) is 4.42. The molecule has 2 rings (SSSR count). The zero-order valence-electron chi connectivity index (χ0n) is 18.8.